The Bertz CT molecular complexity index is 1070. The number of rotatable bonds is 5. The number of nitrogens with one attached hydrogen (secondary N) is 1. The highest BCUT2D eigenvalue weighted by Crippen LogP contribution is 2.29. The minimum absolute atomic E-state index is 0.177. The minimum atomic E-state index is -0.803. The number of carbonyl (C=O) groups excluding carboxylic acids is 3. The Labute approximate surface area is 175 Å². The number of ether oxygens (including phenoxy) is 1. The molecule has 1 heterocycles. The highest BCUT2D eigenvalue weighted by atomic mass is 79.9. The lowest BCUT2D eigenvalue weighted by Gasteiger charge is -2.28. The van der Waals surface area contributed by atoms with Gasteiger partial charge in [0.05, 0.1) is 5.69 Å². The molecule has 0 spiro atoms. The zero-order chi connectivity index (χ0) is 21.0. The third-order valence-corrected chi connectivity index (χ3v) is 4.77. The number of urea groups is 1. The summed E-state index contributed by atoms with van der Waals surface area (Å²) in [6, 6.07) is 13.0. The number of hydrogen-bond donors (Lipinski definition) is 1. The van der Waals surface area contributed by atoms with Gasteiger partial charge < -0.3 is 4.74 Å². The second-order valence-electron chi connectivity index (χ2n) is 6.07. The molecular formula is C21H16BrN3O4. The molecule has 2 aromatic rings. The molecule has 1 N–H and O–H groups in total. The van der Waals surface area contributed by atoms with Gasteiger partial charge in [0.1, 0.15) is 17.4 Å². The second kappa shape index (κ2) is 8.71. The van der Waals surface area contributed by atoms with Crippen molar-refractivity contribution in [3.63, 3.8) is 0 Å². The van der Waals surface area contributed by atoms with Crippen LogP contribution in [0.3, 0.4) is 0 Å². The number of anilines is 1. The highest BCUT2D eigenvalue weighted by molar-refractivity contribution is 9.10. The first-order valence-corrected chi connectivity index (χ1v) is 9.54. The van der Waals surface area contributed by atoms with Crippen molar-refractivity contribution in [3.8, 4) is 11.8 Å². The van der Waals surface area contributed by atoms with Crippen LogP contribution < -0.4 is 15.0 Å². The Morgan fingerprint density at radius 2 is 1.97 bits per heavy atom. The van der Waals surface area contributed by atoms with E-state index in [2.05, 4.69) is 21.2 Å². The number of amides is 4. The van der Waals surface area contributed by atoms with Crippen molar-refractivity contribution in [2.75, 3.05) is 11.5 Å². The lowest BCUT2D eigenvalue weighted by atomic mass is 10.0. The molecule has 0 saturated carbocycles. The topological polar surface area (TPSA) is 99.5 Å². The molecule has 4 amide bonds. The van der Waals surface area contributed by atoms with Crippen LogP contribution in [-0.4, -0.2) is 24.5 Å². The summed E-state index contributed by atoms with van der Waals surface area (Å²) in [5, 5.41) is 10.9. The molecule has 2 aromatic carbocycles. The van der Waals surface area contributed by atoms with Crippen LogP contribution in [0, 0.1) is 11.3 Å². The van der Waals surface area contributed by atoms with Crippen LogP contribution in [0.25, 0.3) is 6.08 Å². The second-order valence-corrected chi connectivity index (χ2v) is 6.98. The molecule has 0 radical (unpaired) electrons. The quantitative estimate of drug-likeness (QED) is 0.550. The number of nitriles is 1. The summed E-state index contributed by atoms with van der Waals surface area (Å²) in [6.45, 7) is 1.73. The van der Waals surface area contributed by atoms with Crippen LogP contribution >= 0.6 is 15.9 Å². The average Bonchev–Trinajstić information content (AvgIpc) is 2.71. The van der Waals surface area contributed by atoms with E-state index in [1.165, 1.54) is 6.08 Å². The van der Waals surface area contributed by atoms with Gasteiger partial charge in [-0.1, -0.05) is 41.1 Å². The molecule has 0 aromatic heterocycles. The van der Waals surface area contributed by atoms with Crippen molar-refractivity contribution in [1.29, 1.82) is 5.26 Å². The highest BCUT2D eigenvalue weighted by Gasteiger charge is 2.37. The fourth-order valence-corrected chi connectivity index (χ4v) is 3.34. The van der Waals surface area contributed by atoms with Crippen molar-refractivity contribution in [1.82, 2.24) is 5.32 Å². The molecule has 0 bridgehead atoms. The van der Waals surface area contributed by atoms with Crippen molar-refractivity contribution >= 4 is 45.5 Å². The Hall–Kier alpha value is -3.44. The first-order chi connectivity index (χ1) is 14.0. The fraction of sp³-hybridized carbons (Fsp3) is 0.143. The predicted molar refractivity (Wildman–Crippen MR) is 110 cm³/mol. The first kappa shape index (κ1) is 20.3. The maximum Gasteiger partial charge on any atom is 0.335 e. The average molecular weight is 454 g/mol. The number of imide groups is 2. The number of hydrogen-bond acceptors (Lipinski definition) is 5. The van der Waals surface area contributed by atoms with Crippen LogP contribution in [0.5, 0.6) is 5.75 Å². The van der Waals surface area contributed by atoms with Gasteiger partial charge in [-0.15, -0.1) is 0 Å². The summed E-state index contributed by atoms with van der Waals surface area (Å²) in [5.74, 6) is -1.17. The van der Waals surface area contributed by atoms with E-state index in [4.69, 9.17) is 10.00 Å². The summed E-state index contributed by atoms with van der Waals surface area (Å²) >= 11 is 3.38. The normalized spacial score (nSPS) is 15.3. The van der Waals surface area contributed by atoms with E-state index in [0.29, 0.717) is 23.4 Å². The zero-order valence-electron chi connectivity index (χ0n) is 15.4. The summed E-state index contributed by atoms with van der Waals surface area (Å²) in [7, 11) is 0. The minimum Gasteiger partial charge on any atom is -0.478 e. The zero-order valence-corrected chi connectivity index (χ0v) is 17.0. The lowest BCUT2D eigenvalue weighted by molar-refractivity contribution is -0.122. The van der Waals surface area contributed by atoms with Crippen LogP contribution in [0.2, 0.25) is 0 Å². The Morgan fingerprint density at radius 1 is 1.21 bits per heavy atom. The molecular weight excluding hydrogens is 438 g/mol. The summed E-state index contributed by atoms with van der Waals surface area (Å²) < 4.78 is 6.16. The number of carbonyl (C=O) groups is 3. The largest absolute Gasteiger partial charge is 0.478 e. The van der Waals surface area contributed by atoms with Crippen LogP contribution in [0.4, 0.5) is 10.5 Å². The lowest BCUT2D eigenvalue weighted by Crippen LogP contribution is -2.54. The van der Waals surface area contributed by atoms with Crippen LogP contribution in [0.1, 0.15) is 18.1 Å². The van der Waals surface area contributed by atoms with Gasteiger partial charge in [-0.05, 0) is 42.3 Å². The SMILES string of the molecule is CCc1cc(Br)ccc1N1C(=O)NC(=O)/C(=C\c2ccccc2OCC#N)C1=O. The maximum absolute atomic E-state index is 13.1. The van der Waals surface area contributed by atoms with E-state index < -0.39 is 17.8 Å². The van der Waals surface area contributed by atoms with Crippen LogP contribution in [-0.2, 0) is 16.0 Å². The molecule has 1 aliphatic rings. The summed E-state index contributed by atoms with van der Waals surface area (Å²) in [5.41, 5.74) is 1.42. The number of halogens is 1. The van der Waals surface area contributed by atoms with Gasteiger partial charge in [-0.3, -0.25) is 14.9 Å². The number of benzene rings is 2. The van der Waals surface area contributed by atoms with E-state index >= 15 is 0 Å². The first-order valence-electron chi connectivity index (χ1n) is 8.75. The Morgan fingerprint density at radius 3 is 2.69 bits per heavy atom. The van der Waals surface area contributed by atoms with Gasteiger partial charge in [0, 0.05) is 10.0 Å². The summed E-state index contributed by atoms with van der Waals surface area (Å²) in [6.07, 6.45) is 1.94. The number of nitrogens with zero attached hydrogens (tertiary/aromatic N) is 2. The third-order valence-electron chi connectivity index (χ3n) is 4.28. The van der Waals surface area contributed by atoms with Gasteiger partial charge >= 0.3 is 6.03 Å². The van der Waals surface area contributed by atoms with Gasteiger partial charge in [-0.25, -0.2) is 9.69 Å². The van der Waals surface area contributed by atoms with Crippen LogP contribution in [0.15, 0.2) is 52.5 Å². The van der Waals surface area contributed by atoms with Gasteiger partial charge in [0.15, 0.2) is 6.61 Å². The smallest absolute Gasteiger partial charge is 0.335 e. The molecule has 0 atom stereocenters. The van der Waals surface area contributed by atoms with Gasteiger partial charge in [-0.2, -0.15) is 5.26 Å². The molecule has 7 nitrogen and oxygen atoms in total. The summed E-state index contributed by atoms with van der Waals surface area (Å²) in [4.78, 5) is 38.9. The number of barbiturate groups is 1. The number of aryl methyl sites for hydroxylation is 1. The van der Waals surface area contributed by atoms with Crippen molar-refractivity contribution in [2.24, 2.45) is 0 Å². The molecule has 3 rings (SSSR count). The molecule has 29 heavy (non-hydrogen) atoms. The molecule has 8 heteroatoms. The predicted octanol–water partition coefficient (Wildman–Crippen LogP) is 3.58. The monoisotopic (exact) mass is 453 g/mol. The molecule has 1 saturated heterocycles. The molecule has 146 valence electrons. The third kappa shape index (κ3) is 4.20. The molecule has 0 aliphatic carbocycles. The van der Waals surface area contributed by atoms with Crippen molar-refractivity contribution in [2.45, 2.75) is 13.3 Å². The Kier molecular flexibility index (Phi) is 6.10. The van der Waals surface area contributed by atoms with E-state index in [1.807, 2.05) is 19.1 Å². The van der Waals surface area contributed by atoms with Gasteiger partial charge in [0.2, 0.25) is 0 Å². The van der Waals surface area contributed by atoms with Crippen molar-refractivity contribution in [3.05, 3.63) is 63.6 Å². The van der Waals surface area contributed by atoms with E-state index in [1.54, 1.807) is 36.4 Å². The van der Waals surface area contributed by atoms with E-state index in [0.717, 1.165) is 14.9 Å². The molecule has 1 fully saturated rings. The molecule has 0 unspecified atom stereocenters. The fourth-order valence-electron chi connectivity index (χ4n) is 2.93. The standard InChI is InChI=1S/C21H16BrN3O4/c1-2-13-11-15(22)7-8-17(13)25-20(27)16(19(26)24-21(25)28)12-14-5-3-4-6-18(14)29-10-9-23/h3-8,11-12H,2,10H2,1H3,(H,24,26,28)/b16-12+. The Balaban J connectivity index is 2.05. The van der Waals surface area contributed by atoms with Crippen molar-refractivity contribution < 1.29 is 19.1 Å². The van der Waals surface area contributed by atoms with E-state index in [-0.39, 0.29) is 12.2 Å². The van der Waals surface area contributed by atoms with Gasteiger partial charge in [0.25, 0.3) is 11.8 Å². The molecule has 1 aliphatic heterocycles. The number of para-hydroxylation sites is 1. The maximum atomic E-state index is 13.1. The van der Waals surface area contributed by atoms with E-state index in [9.17, 15) is 14.4 Å².